The molecule has 0 unspecified atom stereocenters. The Morgan fingerprint density at radius 3 is 2.58 bits per heavy atom. The number of imidazole rings is 1. The van der Waals surface area contributed by atoms with Crippen LogP contribution in [-0.4, -0.2) is 45.2 Å². The molecule has 12 heteroatoms. The topological polar surface area (TPSA) is 93.0 Å². The van der Waals surface area contributed by atoms with Crippen LogP contribution in [0.3, 0.4) is 0 Å². The number of fused-ring (bicyclic) bond motifs is 1. The van der Waals surface area contributed by atoms with E-state index < -0.39 is 17.0 Å². The monoisotopic (exact) mass is 512 g/mol. The molecule has 0 amide bonds. The first-order valence-corrected chi connectivity index (χ1v) is 11.4. The van der Waals surface area contributed by atoms with E-state index in [0.29, 0.717) is 40.6 Å². The van der Waals surface area contributed by atoms with Crippen LogP contribution < -0.4 is 20.3 Å². The minimum absolute atomic E-state index is 0.238. The Bertz CT molecular complexity index is 1460. The molecule has 0 saturated carbocycles. The first-order chi connectivity index (χ1) is 17.2. The standard InChI is InChI=1S/C24H23ClF2N8O/c1-24(2)11-35(16-6-5-13(26)7-15(16)27)22-19(24)20(28-3)32-23(33-22)31-14-8-17(36-4)21(29-9-14)34-10-18(25)30-12-34/h5-10,12H,11H2,1-4H3,(H2,28,31,32,33). The first-order valence-electron chi connectivity index (χ1n) is 11.0. The normalized spacial score (nSPS) is 14.0. The number of nitrogens with one attached hydrogen (secondary N) is 2. The largest absolute Gasteiger partial charge is 0.493 e. The molecule has 0 saturated heterocycles. The molecular weight excluding hydrogens is 490 g/mol. The fourth-order valence-corrected chi connectivity index (χ4v) is 4.50. The first kappa shape index (κ1) is 23.7. The van der Waals surface area contributed by atoms with Crippen molar-refractivity contribution in [1.29, 1.82) is 0 Å². The van der Waals surface area contributed by atoms with Gasteiger partial charge in [-0.3, -0.25) is 4.57 Å². The van der Waals surface area contributed by atoms with Crippen LogP contribution in [0.15, 0.2) is 43.0 Å². The van der Waals surface area contributed by atoms with Gasteiger partial charge in [-0.05, 0) is 12.1 Å². The van der Waals surface area contributed by atoms with Crippen molar-refractivity contribution in [3.63, 3.8) is 0 Å². The van der Waals surface area contributed by atoms with Crippen molar-refractivity contribution < 1.29 is 13.5 Å². The van der Waals surface area contributed by atoms with E-state index in [4.69, 9.17) is 21.3 Å². The SMILES string of the molecule is CNc1nc(Nc2cnc(-n3cnc(Cl)c3)c(OC)c2)nc2c1C(C)(C)CN2c1ccc(F)cc1F. The lowest BCUT2D eigenvalue weighted by Crippen LogP contribution is -2.26. The zero-order chi connectivity index (χ0) is 25.6. The quantitative estimate of drug-likeness (QED) is 0.363. The smallest absolute Gasteiger partial charge is 0.231 e. The van der Waals surface area contributed by atoms with Crippen molar-refractivity contribution in [2.45, 2.75) is 19.3 Å². The molecule has 0 radical (unpaired) electrons. The summed E-state index contributed by atoms with van der Waals surface area (Å²) in [6.45, 7) is 4.50. The number of halogens is 3. The summed E-state index contributed by atoms with van der Waals surface area (Å²) >= 11 is 5.93. The van der Waals surface area contributed by atoms with Crippen molar-refractivity contribution >= 4 is 40.6 Å². The minimum atomic E-state index is -0.665. The maximum Gasteiger partial charge on any atom is 0.231 e. The Labute approximate surface area is 211 Å². The number of rotatable bonds is 6. The van der Waals surface area contributed by atoms with Gasteiger partial charge >= 0.3 is 0 Å². The molecule has 9 nitrogen and oxygen atoms in total. The number of hydrogen-bond acceptors (Lipinski definition) is 8. The maximum absolute atomic E-state index is 14.7. The van der Waals surface area contributed by atoms with Gasteiger partial charge in [-0.1, -0.05) is 25.4 Å². The number of anilines is 5. The van der Waals surface area contributed by atoms with Crippen LogP contribution in [-0.2, 0) is 5.41 Å². The Morgan fingerprint density at radius 1 is 1.11 bits per heavy atom. The predicted molar refractivity (Wildman–Crippen MR) is 134 cm³/mol. The number of hydrogen-bond donors (Lipinski definition) is 2. The molecule has 5 rings (SSSR count). The van der Waals surface area contributed by atoms with Gasteiger partial charge in [0, 0.05) is 42.9 Å². The highest BCUT2D eigenvalue weighted by atomic mass is 35.5. The summed E-state index contributed by atoms with van der Waals surface area (Å²) in [7, 11) is 3.30. The number of methoxy groups -OCH3 is 1. The van der Waals surface area contributed by atoms with Gasteiger partial charge in [0.2, 0.25) is 5.95 Å². The summed E-state index contributed by atoms with van der Waals surface area (Å²) in [6.07, 6.45) is 4.75. The molecular formula is C24H23ClF2N8O. The van der Waals surface area contributed by atoms with Crippen LogP contribution in [0.5, 0.6) is 5.75 Å². The number of pyridine rings is 1. The van der Waals surface area contributed by atoms with E-state index in [0.717, 1.165) is 11.6 Å². The molecule has 0 spiro atoms. The van der Waals surface area contributed by atoms with E-state index >= 15 is 0 Å². The molecule has 3 aromatic heterocycles. The molecule has 0 fully saturated rings. The number of aromatic nitrogens is 5. The Morgan fingerprint density at radius 2 is 1.92 bits per heavy atom. The van der Waals surface area contributed by atoms with Gasteiger partial charge in [0.25, 0.3) is 0 Å². The summed E-state index contributed by atoms with van der Waals surface area (Å²) in [4.78, 5) is 19.6. The highest BCUT2D eigenvalue weighted by Crippen LogP contribution is 2.47. The second kappa shape index (κ2) is 8.90. The third-order valence-corrected chi connectivity index (χ3v) is 6.11. The summed E-state index contributed by atoms with van der Waals surface area (Å²) in [5.41, 5.74) is 1.25. The Balaban J connectivity index is 1.55. The van der Waals surface area contributed by atoms with Gasteiger partial charge < -0.3 is 20.3 Å². The Kier molecular flexibility index (Phi) is 5.87. The number of ether oxygens (including phenoxy) is 1. The lowest BCUT2D eigenvalue weighted by atomic mass is 9.88. The summed E-state index contributed by atoms with van der Waals surface area (Å²) in [5.74, 6) is 1.07. The maximum atomic E-state index is 14.7. The lowest BCUT2D eigenvalue weighted by Gasteiger charge is -2.22. The second-order valence-electron chi connectivity index (χ2n) is 8.89. The molecule has 36 heavy (non-hydrogen) atoms. The van der Waals surface area contributed by atoms with Gasteiger partial charge in [0.15, 0.2) is 11.6 Å². The Hall–Kier alpha value is -3.99. The summed E-state index contributed by atoms with van der Waals surface area (Å²) in [6, 6.07) is 5.26. The summed E-state index contributed by atoms with van der Waals surface area (Å²) < 4.78 is 35.5. The summed E-state index contributed by atoms with van der Waals surface area (Å²) in [5, 5.41) is 6.61. The van der Waals surface area contributed by atoms with Gasteiger partial charge in [0.1, 0.15) is 34.8 Å². The van der Waals surface area contributed by atoms with E-state index in [9.17, 15) is 8.78 Å². The average Bonchev–Trinajstić information content (AvgIpc) is 3.39. The fraction of sp³-hybridized carbons (Fsp3) is 0.250. The average molecular weight is 513 g/mol. The number of nitrogens with zero attached hydrogens (tertiary/aromatic N) is 6. The van der Waals surface area contributed by atoms with Gasteiger partial charge in [-0.25, -0.2) is 18.7 Å². The zero-order valence-electron chi connectivity index (χ0n) is 20.0. The van der Waals surface area contributed by atoms with E-state index in [2.05, 4.69) is 25.6 Å². The van der Waals surface area contributed by atoms with Crippen molar-refractivity contribution in [2.75, 3.05) is 36.2 Å². The third-order valence-electron chi connectivity index (χ3n) is 5.92. The van der Waals surface area contributed by atoms with Crippen molar-refractivity contribution in [1.82, 2.24) is 24.5 Å². The van der Waals surface area contributed by atoms with Crippen molar-refractivity contribution in [3.8, 4) is 11.6 Å². The van der Waals surface area contributed by atoms with Crippen LogP contribution in [0, 0.1) is 11.6 Å². The molecule has 186 valence electrons. The van der Waals surface area contributed by atoms with Crippen LogP contribution in [0.2, 0.25) is 5.15 Å². The molecule has 0 aliphatic carbocycles. The zero-order valence-corrected chi connectivity index (χ0v) is 20.7. The second-order valence-corrected chi connectivity index (χ2v) is 9.28. The van der Waals surface area contributed by atoms with Crippen LogP contribution in [0.4, 0.5) is 37.7 Å². The molecule has 2 N–H and O–H groups in total. The molecule has 0 atom stereocenters. The third kappa shape index (κ3) is 4.15. The van der Waals surface area contributed by atoms with Gasteiger partial charge in [0.05, 0.1) is 24.7 Å². The predicted octanol–water partition coefficient (Wildman–Crippen LogP) is 5.21. The fourth-order valence-electron chi connectivity index (χ4n) is 4.35. The van der Waals surface area contributed by atoms with E-state index in [-0.39, 0.29) is 11.6 Å². The minimum Gasteiger partial charge on any atom is -0.493 e. The lowest BCUT2D eigenvalue weighted by molar-refractivity contribution is 0.411. The van der Waals surface area contributed by atoms with E-state index in [1.54, 1.807) is 35.0 Å². The molecule has 4 heterocycles. The molecule has 1 aliphatic rings. The molecule has 0 bridgehead atoms. The highest BCUT2D eigenvalue weighted by molar-refractivity contribution is 6.29. The molecule has 1 aliphatic heterocycles. The van der Waals surface area contributed by atoms with Crippen molar-refractivity contribution in [3.05, 3.63) is 65.3 Å². The highest BCUT2D eigenvalue weighted by Gasteiger charge is 2.41. The van der Waals surface area contributed by atoms with Crippen molar-refractivity contribution in [2.24, 2.45) is 0 Å². The number of benzene rings is 1. The van der Waals surface area contributed by atoms with Gasteiger partial charge in [-0.2, -0.15) is 9.97 Å². The van der Waals surface area contributed by atoms with Gasteiger partial charge in [-0.15, -0.1) is 0 Å². The van der Waals surface area contributed by atoms with E-state index in [1.807, 2.05) is 13.8 Å². The van der Waals surface area contributed by atoms with Crippen LogP contribution in [0.1, 0.15) is 19.4 Å². The van der Waals surface area contributed by atoms with Crippen LogP contribution in [0.25, 0.3) is 5.82 Å². The van der Waals surface area contributed by atoms with Crippen LogP contribution >= 0.6 is 11.6 Å². The molecule has 4 aromatic rings. The molecule has 1 aromatic carbocycles. The van der Waals surface area contributed by atoms with E-state index in [1.165, 1.54) is 25.6 Å².